The fourth-order valence-corrected chi connectivity index (χ4v) is 1.46. The Labute approximate surface area is 76.3 Å². The molecule has 5 heteroatoms. The summed E-state index contributed by atoms with van der Waals surface area (Å²) in [5.41, 5.74) is -2.08. The van der Waals surface area contributed by atoms with Crippen molar-refractivity contribution in [2.45, 2.75) is 18.6 Å². The first-order chi connectivity index (χ1) is 6.15. The fourth-order valence-electron chi connectivity index (χ4n) is 1.46. The SMILES string of the molecule is COC(=O)C(O)(C=O)N1CCCC1. The topological polar surface area (TPSA) is 66.8 Å². The van der Waals surface area contributed by atoms with Crippen LogP contribution in [0.3, 0.4) is 0 Å². The molecule has 1 saturated heterocycles. The quantitative estimate of drug-likeness (QED) is 0.354. The molecule has 0 radical (unpaired) electrons. The number of hydrogen-bond acceptors (Lipinski definition) is 5. The third kappa shape index (κ3) is 1.71. The molecule has 0 amide bonds. The number of esters is 1. The van der Waals surface area contributed by atoms with E-state index in [0.29, 0.717) is 13.1 Å². The molecule has 1 aliphatic rings. The number of ether oxygens (including phenoxy) is 1. The van der Waals surface area contributed by atoms with Gasteiger partial charge in [-0.2, -0.15) is 0 Å². The van der Waals surface area contributed by atoms with Crippen molar-refractivity contribution in [1.29, 1.82) is 0 Å². The van der Waals surface area contributed by atoms with E-state index in [1.165, 1.54) is 4.90 Å². The van der Waals surface area contributed by atoms with Gasteiger partial charge in [-0.1, -0.05) is 0 Å². The van der Waals surface area contributed by atoms with E-state index in [9.17, 15) is 14.7 Å². The number of aldehydes is 1. The van der Waals surface area contributed by atoms with Gasteiger partial charge < -0.3 is 9.84 Å². The number of aliphatic hydroxyl groups is 1. The van der Waals surface area contributed by atoms with E-state index < -0.39 is 11.7 Å². The molecule has 1 unspecified atom stereocenters. The van der Waals surface area contributed by atoms with Gasteiger partial charge in [0.05, 0.1) is 7.11 Å². The highest BCUT2D eigenvalue weighted by Crippen LogP contribution is 2.18. The Bertz CT molecular complexity index is 212. The van der Waals surface area contributed by atoms with Crippen molar-refractivity contribution in [3.63, 3.8) is 0 Å². The van der Waals surface area contributed by atoms with E-state index in [1.807, 2.05) is 0 Å². The summed E-state index contributed by atoms with van der Waals surface area (Å²) in [5, 5.41) is 9.67. The van der Waals surface area contributed by atoms with Crippen molar-refractivity contribution in [2.24, 2.45) is 0 Å². The Morgan fingerprint density at radius 3 is 2.46 bits per heavy atom. The summed E-state index contributed by atoms with van der Waals surface area (Å²) in [6, 6.07) is 0. The molecule has 1 aliphatic heterocycles. The lowest BCUT2D eigenvalue weighted by Gasteiger charge is -2.28. The first-order valence-corrected chi connectivity index (χ1v) is 4.17. The van der Waals surface area contributed by atoms with Crippen molar-refractivity contribution in [1.82, 2.24) is 4.90 Å². The summed E-state index contributed by atoms with van der Waals surface area (Å²) >= 11 is 0. The van der Waals surface area contributed by atoms with Crippen molar-refractivity contribution < 1.29 is 19.4 Å². The second-order valence-corrected chi connectivity index (χ2v) is 3.03. The summed E-state index contributed by atoms with van der Waals surface area (Å²) in [4.78, 5) is 23.2. The first kappa shape index (κ1) is 10.1. The van der Waals surface area contributed by atoms with Gasteiger partial charge in [0.1, 0.15) is 0 Å². The number of carbonyl (C=O) groups excluding carboxylic acids is 2. The zero-order chi connectivity index (χ0) is 9.90. The normalized spacial score (nSPS) is 22.3. The summed E-state index contributed by atoms with van der Waals surface area (Å²) < 4.78 is 4.36. The Morgan fingerprint density at radius 1 is 1.54 bits per heavy atom. The number of carbonyl (C=O) groups is 2. The molecule has 5 nitrogen and oxygen atoms in total. The number of likely N-dealkylation sites (tertiary alicyclic amines) is 1. The van der Waals surface area contributed by atoms with Crippen LogP contribution in [0, 0.1) is 0 Å². The van der Waals surface area contributed by atoms with Crippen molar-refractivity contribution in [2.75, 3.05) is 20.2 Å². The van der Waals surface area contributed by atoms with Crippen LogP contribution in [0.2, 0.25) is 0 Å². The Kier molecular flexibility index (Phi) is 3.00. The molecule has 0 aromatic rings. The highest BCUT2D eigenvalue weighted by atomic mass is 16.5. The molecule has 13 heavy (non-hydrogen) atoms. The summed E-state index contributed by atoms with van der Waals surface area (Å²) in [6.45, 7) is 1.09. The highest BCUT2D eigenvalue weighted by molar-refractivity contribution is 5.95. The van der Waals surface area contributed by atoms with E-state index in [4.69, 9.17) is 0 Å². The van der Waals surface area contributed by atoms with Crippen LogP contribution in [0.25, 0.3) is 0 Å². The van der Waals surface area contributed by atoms with Crippen LogP contribution < -0.4 is 0 Å². The fraction of sp³-hybridized carbons (Fsp3) is 0.750. The summed E-state index contributed by atoms with van der Waals surface area (Å²) in [6.07, 6.45) is 1.99. The highest BCUT2D eigenvalue weighted by Gasteiger charge is 2.44. The van der Waals surface area contributed by atoms with Crippen molar-refractivity contribution >= 4 is 12.3 Å². The number of hydrogen-bond donors (Lipinski definition) is 1. The number of methoxy groups -OCH3 is 1. The van der Waals surface area contributed by atoms with Gasteiger partial charge in [0, 0.05) is 13.1 Å². The van der Waals surface area contributed by atoms with Crippen LogP contribution >= 0.6 is 0 Å². The van der Waals surface area contributed by atoms with Crippen LogP contribution in [-0.4, -0.2) is 48.2 Å². The molecule has 0 spiro atoms. The van der Waals surface area contributed by atoms with Gasteiger partial charge in [0.25, 0.3) is 5.72 Å². The third-order valence-electron chi connectivity index (χ3n) is 2.24. The molecular formula is C8H13NO4. The average molecular weight is 187 g/mol. The monoisotopic (exact) mass is 187 g/mol. The average Bonchev–Trinajstić information content (AvgIpc) is 2.68. The molecule has 0 saturated carbocycles. The van der Waals surface area contributed by atoms with Gasteiger partial charge in [-0.3, -0.25) is 9.69 Å². The molecule has 0 aromatic heterocycles. The second kappa shape index (κ2) is 3.85. The van der Waals surface area contributed by atoms with Crippen molar-refractivity contribution in [3.05, 3.63) is 0 Å². The van der Waals surface area contributed by atoms with Gasteiger partial charge >= 0.3 is 5.97 Å². The molecule has 0 bridgehead atoms. The second-order valence-electron chi connectivity index (χ2n) is 3.03. The van der Waals surface area contributed by atoms with E-state index in [1.54, 1.807) is 0 Å². The zero-order valence-corrected chi connectivity index (χ0v) is 7.52. The molecule has 1 fully saturated rings. The molecule has 0 aliphatic carbocycles. The minimum atomic E-state index is -2.08. The van der Waals surface area contributed by atoms with Gasteiger partial charge in [0.15, 0.2) is 6.29 Å². The van der Waals surface area contributed by atoms with Crippen LogP contribution in [0.4, 0.5) is 0 Å². The number of rotatable bonds is 3. The molecule has 1 heterocycles. The minimum absolute atomic E-state index is 0.226. The van der Waals surface area contributed by atoms with Gasteiger partial charge in [-0.25, -0.2) is 4.79 Å². The van der Waals surface area contributed by atoms with Crippen LogP contribution in [0.15, 0.2) is 0 Å². The first-order valence-electron chi connectivity index (χ1n) is 4.17. The van der Waals surface area contributed by atoms with E-state index >= 15 is 0 Å². The van der Waals surface area contributed by atoms with E-state index in [0.717, 1.165) is 20.0 Å². The van der Waals surface area contributed by atoms with Gasteiger partial charge in [-0.15, -0.1) is 0 Å². The lowest BCUT2D eigenvalue weighted by Crippen LogP contribution is -2.55. The lowest BCUT2D eigenvalue weighted by atomic mass is 10.2. The third-order valence-corrected chi connectivity index (χ3v) is 2.24. The Hall–Kier alpha value is -0.940. The maximum atomic E-state index is 11.1. The molecular weight excluding hydrogens is 174 g/mol. The van der Waals surface area contributed by atoms with Gasteiger partial charge in [0.2, 0.25) is 0 Å². The molecule has 1 atom stereocenters. The Balaban J connectivity index is 2.78. The maximum Gasteiger partial charge on any atom is 0.361 e. The number of nitrogens with zero attached hydrogens (tertiary/aromatic N) is 1. The van der Waals surface area contributed by atoms with Crippen LogP contribution in [0.5, 0.6) is 0 Å². The van der Waals surface area contributed by atoms with E-state index in [-0.39, 0.29) is 6.29 Å². The predicted octanol–water partition coefficient (Wildman–Crippen LogP) is -0.857. The molecule has 0 aromatic carbocycles. The molecule has 1 N–H and O–H groups in total. The largest absolute Gasteiger partial charge is 0.465 e. The summed E-state index contributed by atoms with van der Waals surface area (Å²) in [7, 11) is 1.15. The maximum absolute atomic E-state index is 11.1. The zero-order valence-electron chi connectivity index (χ0n) is 7.52. The Morgan fingerprint density at radius 2 is 2.08 bits per heavy atom. The van der Waals surface area contributed by atoms with Gasteiger partial charge in [-0.05, 0) is 12.8 Å². The van der Waals surface area contributed by atoms with Crippen molar-refractivity contribution in [3.8, 4) is 0 Å². The molecule has 74 valence electrons. The smallest absolute Gasteiger partial charge is 0.361 e. The van der Waals surface area contributed by atoms with Crippen LogP contribution in [-0.2, 0) is 14.3 Å². The predicted molar refractivity (Wildman–Crippen MR) is 43.8 cm³/mol. The van der Waals surface area contributed by atoms with Crippen LogP contribution in [0.1, 0.15) is 12.8 Å². The lowest BCUT2D eigenvalue weighted by molar-refractivity contribution is -0.182. The summed E-state index contributed by atoms with van der Waals surface area (Å²) in [5.74, 6) is -0.913. The molecule has 1 rings (SSSR count). The van der Waals surface area contributed by atoms with E-state index in [2.05, 4.69) is 4.74 Å². The minimum Gasteiger partial charge on any atom is -0.465 e. The standard InChI is InChI=1S/C8H13NO4/c1-13-7(11)8(12,6-10)9-4-2-3-5-9/h6,12H,2-5H2,1H3.